The predicted octanol–water partition coefficient (Wildman–Crippen LogP) is 15.6. The van der Waals surface area contributed by atoms with Gasteiger partial charge in [0.05, 0.1) is 15.9 Å². The molecule has 13 aromatic rings. The second-order valence-electron chi connectivity index (χ2n) is 16.8. The zero-order valence-corrected chi connectivity index (χ0v) is 36.7. The van der Waals surface area contributed by atoms with Crippen molar-refractivity contribution in [2.24, 2.45) is 0 Å². The van der Waals surface area contributed by atoms with Crippen molar-refractivity contribution in [1.29, 1.82) is 0 Å². The third kappa shape index (κ3) is 6.97. The maximum absolute atomic E-state index is 5.53. The Morgan fingerprint density at radius 1 is 0.284 bits per heavy atom. The number of pyridine rings is 5. The van der Waals surface area contributed by atoms with Crippen LogP contribution in [0.15, 0.2) is 219 Å². The highest BCUT2D eigenvalue weighted by Crippen LogP contribution is 2.42. The van der Waals surface area contributed by atoms with Crippen LogP contribution in [0.3, 0.4) is 0 Å². The second-order valence-corrected chi connectivity index (χ2v) is 17.9. The van der Waals surface area contributed by atoms with E-state index in [0.29, 0.717) is 0 Å². The van der Waals surface area contributed by atoms with Gasteiger partial charge in [0, 0.05) is 98.9 Å². The SMILES string of the molecule is c1ccc2c(-c3cc(-c4cc(-c5cc(-c6cncc7ccccc67)cc(-c6cncc7ccccc67)c5)nc(-c5nc6ccccc6s5)c4)cc(-c4cncc5ccccc45)c3)cncc2c1. The molecule has 0 aliphatic rings. The molecule has 0 N–H and O–H groups in total. The van der Waals surface area contributed by atoms with Crippen molar-refractivity contribution >= 4 is 64.6 Å². The molecule has 0 fully saturated rings. The lowest BCUT2D eigenvalue weighted by atomic mass is 9.90. The molecule has 0 atom stereocenters. The van der Waals surface area contributed by atoms with Crippen molar-refractivity contribution in [2.75, 3.05) is 0 Å². The zero-order chi connectivity index (χ0) is 44.3. The fourth-order valence-electron chi connectivity index (χ4n) is 9.51. The van der Waals surface area contributed by atoms with E-state index in [1.807, 2.05) is 55.6 Å². The Hall–Kier alpha value is -8.78. The molecule has 6 nitrogen and oxygen atoms in total. The van der Waals surface area contributed by atoms with Gasteiger partial charge in [0.15, 0.2) is 0 Å². The number of benzene rings is 7. The van der Waals surface area contributed by atoms with Gasteiger partial charge in [-0.05, 0) is 116 Å². The number of hydrogen-bond acceptors (Lipinski definition) is 7. The number of thiazole rings is 1. The minimum Gasteiger partial charge on any atom is -0.263 e. The standard InChI is InChI=1S/C60H36N6S/c1-5-15-48-37(11-1)29-61-33-52(48)43-21-41(22-44(23-43)53-34-62-30-38-12-2-6-16-49(38)53)42-27-57(65-58(28-42)60-66-56-19-9-10-20-59(56)67-60)47-25-45(54-35-63-31-39-13-3-7-17-50(39)54)24-46(26-47)55-36-64-32-40-14-4-8-18-51(40)55/h1-36H. The first-order valence-electron chi connectivity index (χ1n) is 22.2. The summed E-state index contributed by atoms with van der Waals surface area (Å²) in [5.41, 5.74) is 14.0. The van der Waals surface area contributed by atoms with Crippen molar-refractivity contribution in [3.8, 4) is 77.6 Å². The molecule has 0 bridgehead atoms. The van der Waals surface area contributed by atoms with Gasteiger partial charge in [-0.25, -0.2) is 9.97 Å². The molecular formula is C60H36N6S. The van der Waals surface area contributed by atoms with Crippen molar-refractivity contribution in [2.45, 2.75) is 0 Å². The normalized spacial score (nSPS) is 11.6. The summed E-state index contributed by atoms with van der Waals surface area (Å²) in [6, 6.07) is 60.1. The van der Waals surface area contributed by atoms with E-state index in [1.54, 1.807) is 11.3 Å². The van der Waals surface area contributed by atoms with E-state index < -0.39 is 0 Å². The van der Waals surface area contributed by atoms with Crippen LogP contribution in [0.2, 0.25) is 0 Å². The molecule has 0 radical (unpaired) electrons. The monoisotopic (exact) mass is 872 g/mol. The second kappa shape index (κ2) is 16.0. The maximum Gasteiger partial charge on any atom is 0.143 e. The molecule has 0 amide bonds. The predicted molar refractivity (Wildman–Crippen MR) is 277 cm³/mol. The van der Waals surface area contributed by atoms with Gasteiger partial charge in [-0.2, -0.15) is 0 Å². The van der Waals surface area contributed by atoms with E-state index in [4.69, 9.17) is 29.9 Å². The highest BCUT2D eigenvalue weighted by atomic mass is 32.1. The molecule has 67 heavy (non-hydrogen) atoms. The van der Waals surface area contributed by atoms with E-state index in [2.05, 4.69) is 164 Å². The highest BCUT2D eigenvalue weighted by molar-refractivity contribution is 7.21. The molecule has 13 rings (SSSR count). The average Bonchev–Trinajstić information content (AvgIpc) is 3.85. The Labute approximate surface area is 389 Å². The molecule has 0 spiro atoms. The number of para-hydroxylation sites is 1. The highest BCUT2D eigenvalue weighted by Gasteiger charge is 2.19. The van der Waals surface area contributed by atoms with Crippen LogP contribution in [0.1, 0.15) is 0 Å². The Morgan fingerprint density at radius 3 is 1.09 bits per heavy atom. The van der Waals surface area contributed by atoms with E-state index in [9.17, 15) is 0 Å². The maximum atomic E-state index is 5.53. The smallest absolute Gasteiger partial charge is 0.143 e. The van der Waals surface area contributed by atoms with Crippen molar-refractivity contribution in [3.63, 3.8) is 0 Å². The number of aromatic nitrogens is 6. The molecule has 0 saturated heterocycles. The molecular weight excluding hydrogens is 837 g/mol. The number of nitrogens with zero attached hydrogens (tertiary/aromatic N) is 6. The van der Waals surface area contributed by atoms with Crippen LogP contribution < -0.4 is 0 Å². The molecule has 0 aliphatic heterocycles. The van der Waals surface area contributed by atoms with Gasteiger partial charge in [-0.1, -0.05) is 109 Å². The average molecular weight is 873 g/mol. The number of hydrogen-bond donors (Lipinski definition) is 0. The van der Waals surface area contributed by atoms with Crippen LogP contribution in [-0.2, 0) is 0 Å². The molecule has 0 saturated carbocycles. The molecule has 6 heterocycles. The summed E-state index contributed by atoms with van der Waals surface area (Å²) in [5, 5.41) is 9.71. The lowest BCUT2D eigenvalue weighted by Gasteiger charge is -2.16. The minimum atomic E-state index is 0.796. The summed E-state index contributed by atoms with van der Waals surface area (Å²) in [7, 11) is 0. The van der Waals surface area contributed by atoms with Crippen LogP contribution >= 0.6 is 11.3 Å². The summed E-state index contributed by atoms with van der Waals surface area (Å²) in [6.07, 6.45) is 15.6. The van der Waals surface area contributed by atoms with Gasteiger partial charge < -0.3 is 0 Å². The van der Waals surface area contributed by atoms with E-state index >= 15 is 0 Å². The minimum absolute atomic E-state index is 0.796. The topological polar surface area (TPSA) is 77.3 Å². The van der Waals surface area contributed by atoms with Crippen LogP contribution in [-0.4, -0.2) is 29.9 Å². The number of rotatable bonds is 7. The van der Waals surface area contributed by atoms with Crippen molar-refractivity contribution in [3.05, 3.63) is 219 Å². The van der Waals surface area contributed by atoms with E-state index in [1.165, 1.54) is 0 Å². The first-order chi connectivity index (χ1) is 33.2. The zero-order valence-electron chi connectivity index (χ0n) is 35.9. The third-order valence-corrected chi connectivity index (χ3v) is 13.8. The first kappa shape index (κ1) is 38.7. The lowest BCUT2D eigenvalue weighted by Crippen LogP contribution is -1.95. The third-order valence-electron chi connectivity index (χ3n) is 12.8. The molecule has 312 valence electrons. The Balaban J connectivity index is 1.09. The Kier molecular flexibility index (Phi) is 9.25. The molecule has 0 unspecified atom stereocenters. The van der Waals surface area contributed by atoms with Gasteiger partial charge in [-0.3, -0.25) is 19.9 Å². The van der Waals surface area contributed by atoms with Gasteiger partial charge in [0.25, 0.3) is 0 Å². The molecule has 6 aromatic heterocycles. The Bertz CT molecular complexity index is 3610. The van der Waals surface area contributed by atoms with Crippen LogP contribution in [0.25, 0.3) is 131 Å². The Morgan fingerprint density at radius 2 is 0.642 bits per heavy atom. The quantitative estimate of drug-likeness (QED) is 0.159. The van der Waals surface area contributed by atoms with Crippen molar-refractivity contribution in [1.82, 2.24) is 29.9 Å². The number of fused-ring (bicyclic) bond motifs is 5. The summed E-state index contributed by atoms with van der Waals surface area (Å²) in [6.45, 7) is 0. The van der Waals surface area contributed by atoms with Gasteiger partial charge >= 0.3 is 0 Å². The van der Waals surface area contributed by atoms with E-state index in [-0.39, 0.29) is 0 Å². The summed E-state index contributed by atoms with van der Waals surface area (Å²) in [5.74, 6) is 0. The summed E-state index contributed by atoms with van der Waals surface area (Å²) in [4.78, 5) is 29.6. The summed E-state index contributed by atoms with van der Waals surface area (Å²) >= 11 is 1.66. The fraction of sp³-hybridized carbons (Fsp3) is 0. The largest absolute Gasteiger partial charge is 0.263 e. The molecule has 0 aliphatic carbocycles. The molecule has 7 aromatic carbocycles. The van der Waals surface area contributed by atoms with E-state index in [0.717, 1.165) is 131 Å². The van der Waals surface area contributed by atoms with Gasteiger partial charge in [-0.15, -0.1) is 11.3 Å². The fourth-order valence-corrected chi connectivity index (χ4v) is 10.4. The van der Waals surface area contributed by atoms with Crippen molar-refractivity contribution < 1.29 is 0 Å². The van der Waals surface area contributed by atoms with Crippen LogP contribution in [0, 0.1) is 0 Å². The summed E-state index contributed by atoms with van der Waals surface area (Å²) < 4.78 is 1.11. The van der Waals surface area contributed by atoms with Crippen LogP contribution in [0.5, 0.6) is 0 Å². The van der Waals surface area contributed by atoms with Gasteiger partial charge in [0.2, 0.25) is 0 Å². The lowest BCUT2D eigenvalue weighted by molar-refractivity contribution is 1.30. The van der Waals surface area contributed by atoms with Gasteiger partial charge in [0.1, 0.15) is 10.7 Å². The molecule has 7 heteroatoms. The van der Waals surface area contributed by atoms with Crippen LogP contribution in [0.4, 0.5) is 0 Å². The first-order valence-corrected chi connectivity index (χ1v) is 23.0.